The summed E-state index contributed by atoms with van der Waals surface area (Å²) >= 11 is 6.33. The van der Waals surface area contributed by atoms with E-state index >= 15 is 0 Å². The third-order valence-corrected chi connectivity index (χ3v) is 4.16. The second-order valence-electron chi connectivity index (χ2n) is 5.53. The van der Waals surface area contributed by atoms with Gasteiger partial charge in [-0.05, 0) is 49.4 Å². The van der Waals surface area contributed by atoms with E-state index in [4.69, 9.17) is 17.0 Å². The number of rotatable bonds is 7. The van der Waals surface area contributed by atoms with Crippen LogP contribution in [0.5, 0.6) is 0 Å². The molecule has 6 nitrogen and oxygen atoms in total. The van der Waals surface area contributed by atoms with Crippen LogP contribution in [0, 0.1) is 5.41 Å². The average Bonchev–Trinajstić information content (AvgIpc) is 2.65. The predicted molar refractivity (Wildman–Crippen MR) is 110 cm³/mol. The van der Waals surface area contributed by atoms with E-state index in [2.05, 4.69) is 21.3 Å². The van der Waals surface area contributed by atoms with Crippen LogP contribution in [0.1, 0.15) is 6.92 Å². The van der Waals surface area contributed by atoms with Crippen LogP contribution in [0.25, 0.3) is 0 Å². The number of halogens is 1. The molecule has 0 aliphatic carbocycles. The lowest BCUT2D eigenvalue weighted by Crippen LogP contribution is -2.20. The number of anilines is 4. The van der Waals surface area contributed by atoms with Gasteiger partial charge < -0.3 is 26.7 Å². The zero-order chi connectivity index (χ0) is 19.1. The number of hydrogen-bond donors (Lipinski definition) is 5. The topological polar surface area (TPSA) is 89.0 Å². The minimum atomic E-state index is -0.369. The van der Waals surface area contributed by atoms with E-state index in [1.807, 2.05) is 31.3 Å². The molecule has 0 unspecified atom stereocenters. The Balaban J connectivity index is 2.13. The summed E-state index contributed by atoms with van der Waals surface area (Å²) in [6, 6.07) is 13.0. The van der Waals surface area contributed by atoms with E-state index in [0.717, 1.165) is 23.3 Å². The lowest BCUT2D eigenvalue weighted by Gasteiger charge is -2.12. The Morgan fingerprint density at radius 1 is 1.04 bits per heavy atom. The molecule has 7 heteroatoms. The maximum absolute atomic E-state index is 12.3. The van der Waals surface area contributed by atoms with Gasteiger partial charge in [0.15, 0.2) is 0 Å². The van der Waals surface area contributed by atoms with E-state index in [0.29, 0.717) is 16.4 Å². The molecule has 2 aromatic carbocycles. The molecule has 0 spiro atoms. The molecular formula is C19H22ClN5O. The van der Waals surface area contributed by atoms with Gasteiger partial charge >= 0.3 is 0 Å². The molecule has 26 heavy (non-hydrogen) atoms. The highest BCUT2D eigenvalue weighted by molar-refractivity contribution is 6.33. The monoisotopic (exact) mass is 371 g/mol. The van der Waals surface area contributed by atoms with Gasteiger partial charge in [0.05, 0.1) is 16.3 Å². The van der Waals surface area contributed by atoms with Crippen molar-refractivity contribution in [3.8, 4) is 0 Å². The van der Waals surface area contributed by atoms with Crippen molar-refractivity contribution in [3.63, 3.8) is 0 Å². The van der Waals surface area contributed by atoms with Crippen molar-refractivity contribution < 1.29 is 4.79 Å². The Labute approximate surface area is 158 Å². The molecule has 0 atom stereocenters. The minimum Gasteiger partial charge on any atom is -0.391 e. The molecule has 0 bridgehead atoms. The second kappa shape index (κ2) is 8.92. The summed E-state index contributed by atoms with van der Waals surface area (Å²) < 4.78 is 0. The lowest BCUT2D eigenvalue weighted by molar-refractivity contribution is -0.112. The fourth-order valence-electron chi connectivity index (χ4n) is 2.25. The molecule has 0 saturated carbocycles. The van der Waals surface area contributed by atoms with Gasteiger partial charge in [-0.2, -0.15) is 0 Å². The first kappa shape index (κ1) is 19.3. The highest BCUT2D eigenvalue weighted by atomic mass is 35.5. The quantitative estimate of drug-likeness (QED) is 0.372. The second-order valence-corrected chi connectivity index (χ2v) is 5.94. The first-order chi connectivity index (χ1) is 12.5. The largest absolute Gasteiger partial charge is 0.391 e. The summed E-state index contributed by atoms with van der Waals surface area (Å²) in [4.78, 5) is 12.3. The molecule has 0 radical (unpaired) electrons. The Morgan fingerprint density at radius 2 is 1.65 bits per heavy atom. The van der Waals surface area contributed by atoms with Gasteiger partial charge in [-0.25, -0.2) is 0 Å². The van der Waals surface area contributed by atoms with E-state index < -0.39 is 0 Å². The van der Waals surface area contributed by atoms with E-state index in [1.165, 1.54) is 0 Å². The van der Waals surface area contributed by atoms with Crippen LogP contribution in [0.2, 0.25) is 5.02 Å². The van der Waals surface area contributed by atoms with Gasteiger partial charge in [0, 0.05) is 43.1 Å². The Hall–Kier alpha value is -2.99. The Kier molecular flexibility index (Phi) is 6.63. The van der Waals surface area contributed by atoms with Crippen molar-refractivity contribution in [1.29, 1.82) is 5.41 Å². The third kappa shape index (κ3) is 4.77. The van der Waals surface area contributed by atoms with E-state index in [1.54, 1.807) is 32.2 Å². The number of carbonyl (C=O) groups is 1. The minimum absolute atomic E-state index is 0.260. The van der Waals surface area contributed by atoms with Gasteiger partial charge in [0.25, 0.3) is 5.91 Å². The van der Waals surface area contributed by atoms with Crippen molar-refractivity contribution in [2.75, 3.05) is 30.0 Å². The summed E-state index contributed by atoms with van der Waals surface area (Å²) in [5.74, 6) is -0.369. The summed E-state index contributed by atoms with van der Waals surface area (Å²) in [5, 5.41) is 19.8. The molecule has 2 rings (SSSR count). The van der Waals surface area contributed by atoms with Crippen LogP contribution in [0.4, 0.5) is 22.7 Å². The maximum Gasteiger partial charge on any atom is 0.258 e. The molecule has 2 aromatic rings. The summed E-state index contributed by atoms with van der Waals surface area (Å²) in [6.45, 7) is 1.74. The third-order valence-electron chi connectivity index (χ3n) is 3.85. The molecular weight excluding hydrogens is 350 g/mol. The number of allylic oxidation sites excluding steroid dienone is 1. The average molecular weight is 372 g/mol. The Bertz CT molecular complexity index is 830. The van der Waals surface area contributed by atoms with Crippen LogP contribution >= 0.6 is 11.6 Å². The van der Waals surface area contributed by atoms with Gasteiger partial charge in [-0.1, -0.05) is 11.6 Å². The van der Waals surface area contributed by atoms with Crippen molar-refractivity contribution in [2.45, 2.75) is 6.92 Å². The Morgan fingerprint density at radius 3 is 2.19 bits per heavy atom. The summed E-state index contributed by atoms with van der Waals surface area (Å²) in [6.07, 6.45) is 1.02. The van der Waals surface area contributed by atoms with Gasteiger partial charge in [0.1, 0.15) is 0 Å². The van der Waals surface area contributed by atoms with Crippen LogP contribution in [0.3, 0.4) is 0 Å². The first-order valence-electron chi connectivity index (χ1n) is 8.03. The fraction of sp³-hybridized carbons (Fsp3) is 0.158. The fourth-order valence-corrected chi connectivity index (χ4v) is 2.47. The molecule has 0 fully saturated rings. The molecule has 0 aliphatic rings. The number of amides is 1. The van der Waals surface area contributed by atoms with Gasteiger partial charge in [-0.15, -0.1) is 0 Å². The SMILES string of the molecule is CN/C(C)=C(\C=N)C(=O)Nc1ccc(Nc2ccc(NC)cc2)c(Cl)c1. The van der Waals surface area contributed by atoms with Crippen LogP contribution in [-0.2, 0) is 4.79 Å². The molecule has 0 aromatic heterocycles. The van der Waals surface area contributed by atoms with Crippen LogP contribution < -0.4 is 21.3 Å². The van der Waals surface area contributed by atoms with Gasteiger partial charge in [0.2, 0.25) is 0 Å². The number of carbonyl (C=O) groups excluding carboxylic acids is 1. The molecule has 1 amide bonds. The molecule has 0 saturated heterocycles. The number of hydrogen-bond acceptors (Lipinski definition) is 5. The van der Waals surface area contributed by atoms with Crippen molar-refractivity contribution in [3.05, 3.63) is 58.8 Å². The smallest absolute Gasteiger partial charge is 0.258 e. The first-order valence-corrected chi connectivity index (χ1v) is 8.41. The molecule has 0 heterocycles. The van der Waals surface area contributed by atoms with E-state index in [9.17, 15) is 4.79 Å². The molecule has 5 N–H and O–H groups in total. The predicted octanol–water partition coefficient (Wildman–Crippen LogP) is 4.21. The summed E-state index contributed by atoms with van der Waals surface area (Å²) in [7, 11) is 3.57. The zero-order valence-electron chi connectivity index (χ0n) is 14.9. The highest BCUT2D eigenvalue weighted by Crippen LogP contribution is 2.29. The standard InChI is InChI=1S/C19H22ClN5O/c1-12(22-2)16(11-21)19(26)25-15-8-9-18(17(20)10-15)24-14-6-4-13(23-3)5-7-14/h4-11,21-24H,1-3H3,(H,25,26)/b16-12+,21-11?. The molecule has 136 valence electrons. The highest BCUT2D eigenvalue weighted by Gasteiger charge is 2.11. The maximum atomic E-state index is 12.3. The molecule has 0 aliphatic heterocycles. The summed E-state index contributed by atoms with van der Waals surface area (Å²) in [5.41, 5.74) is 4.09. The lowest BCUT2D eigenvalue weighted by atomic mass is 10.2. The number of nitrogens with one attached hydrogen (secondary N) is 5. The van der Waals surface area contributed by atoms with Crippen molar-refractivity contribution in [2.24, 2.45) is 0 Å². The van der Waals surface area contributed by atoms with E-state index in [-0.39, 0.29) is 11.5 Å². The van der Waals surface area contributed by atoms with Crippen molar-refractivity contribution in [1.82, 2.24) is 5.32 Å². The number of benzene rings is 2. The van der Waals surface area contributed by atoms with Gasteiger partial charge in [-0.3, -0.25) is 4.79 Å². The van der Waals surface area contributed by atoms with Crippen LogP contribution in [-0.4, -0.2) is 26.2 Å². The van der Waals surface area contributed by atoms with Crippen molar-refractivity contribution >= 4 is 46.5 Å². The van der Waals surface area contributed by atoms with Crippen LogP contribution in [0.15, 0.2) is 53.7 Å². The normalized spacial score (nSPS) is 11.2. The zero-order valence-corrected chi connectivity index (χ0v) is 15.7.